The van der Waals surface area contributed by atoms with Crippen LogP contribution in [-0.4, -0.2) is 89.1 Å². The van der Waals surface area contributed by atoms with Gasteiger partial charge in [-0.25, -0.2) is 23.1 Å². The van der Waals surface area contributed by atoms with Gasteiger partial charge in [0.05, 0.1) is 53.5 Å². The number of aryl methyl sites for hydroxylation is 2. The highest BCUT2D eigenvalue weighted by molar-refractivity contribution is 6.09. The molecule has 2 saturated carbocycles. The summed E-state index contributed by atoms with van der Waals surface area (Å²) in [7, 11) is 0. The minimum Gasteiger partial charge on any atom is -0.486 e. The van der Waals surface area contributed by atoms with E-state index in [0.29, 0.717) is 88.0 Å². The molecule has 3 amide bonds. The Bertz CT molecular complexity index is 3390. The number of anilines is 2. The largest absolute Gasteiger partial charge is 0.486 e. The second-order valence-electron chi connectivity index (χ2n) is 20.9. The summed E-state index contributed by atoms with van der Waals surface area (Å²) in [5.74, 6) is -0.703. The van der Waals surface area contributed by atoms with Crippen molar-refractivity contribution in [2.45, 2.75) is 115 Å². The molecule has 13 rings (SSSR count). The number of carbonyl (C=O) groups excluding carboxylic acids is 2. The summed E-state index contributed by atoms with van der Waals surface area (Å²) in [5.41, 5.74) is 4.78. The van der Waals surface area contributed by atoms with Crippen molar-refractivity contribution in [2.75, 3.05) is 36.1 Å². The fourth-order valence-electron chi connectivity index (χ4n) is 12.2. The number of carbonyl (C=O) groups is 2. The SMILES string of the molecule is Cc1cc(-n2nc3c(c2N2C[C@@H]4COc5c(cc6cnn(C7CC7)c6c5F)N4C2=O)[C@H](C)N(C(=O)c2cc4cc([C@H]5CCOC(C)(C)C5)ccc4n2[C@@]2(c4noc(=O)[nH]4)C[C@@H]2C)CC3)cc(C)c1F. The molecule has 3 aromatic carbocycles. The molecule has 0 bridgehead atoms. The highest BCUT2D eigenvalue weighted by Gasteiger charge is 2.59. The molecule has 1 N–H and O–H groups in total. The molecule has 2 saturated heterocycles. The van der Waals surface area contributed by atoms with Crippen LogP contribution in [0.1, 0.15) is 122 Å². The first kappa shape index (κ1) is 42.3. The lowest BCUT2D eigenvalue weighted by Crippen LogP contribution is -2.42. The van der Waals surface area contributed by atoms with E-state index in [2.05, 4.69) is 54.2 Å². The lowest BCUT2D eigenvalue weighted by Gasteiger charge is -2.35. The minimum absolute atomic E-state index is 0.00184. The molecular weight excluding hydrogens is 887 g/mol. The van der Waals surface area contributed by atoms with Crippen LogP contribution in [0, 0.1) is 31.4 Å². The zero-order valence-electron chi connectivity index (χ0n) is 39.3. The molecule has 69 heavy (non-hydrogen) atoms. The number of hydrogen-bond donors (Lipinski definition) is 1. The Morgan fingerprint density at radius 3 is 2.43 bits per heavy atom. The van der Waals surface area contributed by atoms with E-state index >= 15 is 18.4 Å². The van der Waals surface area contributed by atoms with Gasteiger partial charge in [0.15, 0.2) is 17.4 Å². The number of nitrogens with zero attached hydrogens (tertiary/aromatic N) is 9. The summed E-state index contributed by atoms with van der Waals surface area (Å²) < 4.78 is 54.5. The van der Waals surface area contributed by atoms with Gasteiger partial charge < -0.3 is 18.9 Å². The molecule has 7 aromatic rings. The average molecular weight is 939 g/mol. The number of H-pyrrole nitrogens is 1. The summed E-state index contributed by atoms with van der Waals surface area (Å²) in [6.45, 7) is 12.8. The first-order chi connectivity index (χ1) is 33.1. The third-order valence-electron chi connectivity index (χ3n) is 15.9. The Morgan fingerprint density at radius 1 is 0.942 bits per heavy atom. The quantitative estimate of drug-likeness (QED) is 0.165. The number of aromatic nitrogens is 7. The number of hydrogen-bond acceptors (Lipinski definition) is 9. The van der Waals surface area contributed by atoms with Gasteiger partial charge in [-0.3, -0.25) is 28.8 Å². The maximum atomic E-state index is 16.5. The van der Waals surface area contributed by atoms with Crippen LogP contribution in [0.2, 0.25) is 0 Å². The van der Waals surface area contributed by atoms with Crippen molar-refractivity contribution < 1.29 is 32.4 Å². The van der Waals surface area contributed by atoms with E-state index in [1.54, 1.807) is 57.4 Å². The van der Waals surface area contributed by atoms with Crippen molar-refractivity contribution in [1.29, 1.82) is 0 Å². The molecule has 6 aliphatic rings. The van der Waals surface area contributed by atoms with E-state index in [9.17, 15) is 4.79 Å². The second-order valence-corrected chi connectivity index (χ2v) is 20.9. The van der Waals surface area contributed by atoms with E-state index < -0.39 is 35.2 Å². The number of nitrogens with one attached hydrogen (secondary N) is 1. The summed E-state index contributed by atoms with van der Waals surface area (Å²) >= 11 is 0. The van der Waals surface area contributed by atoms with Gasteiger partial charge in [0.25, 0.3) is 5.91 Å². The minimum atomic E-state index is -0.855. The van der Waals surface area contributed by atoms with Gasteiger partial charge >= 0.3 is 11.8 Å². The molecule has 2 aliphatic carbocycles. The van der Waals surface area contributed by atoms with Gasteiger partial charge in [-0.15, -0.1) is 0 Å². The van der Waals surface area contributed by atoms with Gasteiger partial charge in [0, 0.05) is 41.4 Å². The normalized spacial score (nSPS) is 25.0. The molecule has 18 heteroatoms. The van der Waals surface area contributed by atoms with Crippen LogP contribution in [0.3, 0.4) is 0 Å². The topological polar surface area (TPSA) is 162 Å². The average Bonchev–Trinajstić information content (AvgIpc) is 3.87. The predicted molar refractivity (Wildman–Crippen MR) is 251 cm³/mol. The molecule has 8 heterocycles. The predicted octanol–water partition coefficient (Wildman–Crippen LogP) is 8.51. The maximum Gasteiger partial charge on any atom is 0.438 e. The molecule has 5 atom stereocenters. The van der Waals surface area contributed by atoms with Crippen molar-refractivity contribution in [3.8, 4) is 11.4 Å². The Balaban J connectivity index is 0.929. The number of rotatable bonds is 7. The number of urea groups is 1. The Hall–Kier alpha value is -6.82. The molecule has 4 aliphatic heterocycles. The molecular formula is C51H52F2N10O6. The summed E-state index contributed by atoms with van der Waals surface area (Å²) in [5, 5.41) is 15.3. The number of ether oxygens (including phenoxy) is 2. The van der Waals surface area contributed by atoms with Crippen molar-refractivity contribution >= 4 is 45.2 Å². The molecule has 0 radical (unpaired) electrons. The van der Waals surface area contributed by atoms with Crippen LogP contribution in [0.4, 0.5) is 25.1 Å². The van der Waals surface area contributed by atoms with Crippen LogP contribution in [0.5, 0.6) is 5.75 Å². The molecule has 4 aromatic heterocycles. The van der Waals surface area contributed by atoms with E-state index in [0.717, 1.165) is 36.6 Å². The molecule has 16 nitrogen and oxygen atoms in total. The fraction of sp³-hybridized carbons (Fsp3) is 0.451. The fourth-order valence-corrected chi connectivity index (χ4v) is 12.2. The number of aromatic amines is 1. The Labute approximate surface area is 394 Å². The van der Waals surface area contributed by atoms with Gasteiger partial charge in [0.2, 0.25) is 0 Å². The Morgan fingerprint density at radius 2 is 1.72 bits per heavy atom. The summed E-state index contributed by atoms with van der Waals surface area (Å²) in [4.78, 5) is 51.3. The third kappa shape index (κ3) is 6.18. The van der Waals surface area contributed by atoms with Crippen LogP contribution in [0.15, 0.2) is 58.0 Å². The second kappa shape index (κ2) is 14.6. The highest BCUT2D eigenvalue weighted by Crippen LogP contribution is 2.56. The maximum absolute atomic E-state index is 16.5. The number of halogens is 2. The van der Waals surface area contributed by atoms with Gasteiger partial charge in [0.1, 0.15) is 35.0 Å². The van der Waals surface area contributed by atoms with Gasteiger partial charge in [-0.1, -0.05) is 18.1 Å². The zero-order chi connectivity index (χ0) is 47.6. The smallest absolute Gasteiger partial charge is 0.438 e. The Kier molecular flexibility index (Phi) is 8.95. The van der Waals surface area contributed by atoms with Crippen LogP contribution >= 0.6 is 0 Å². The van der Waals surface area contributed by atoms with Crippen molar-refractivity contribution in [3.63, 3.8) is 0 Å². The lowest BCUT2D eigenvalue weighted by molar-refractivity contribution is -0.0592. The van der Waals surface area contributed by atoms with Crippen molar-refractivity contribution in [1.82, 2.24) is 39.2 Å². The van der Waals surface area contributed by atoms with E-state index in [1.165, 1.54) is 5.56 Å². The first-order valence-corrected chi connectivity index (χ1v) is 24.1. The van der Waals surface area contributed by atoms with Crippen LogP contribution in [-0.2, 0) is 16.7 Å². The zero-order valence-corrected chi connectivity index (χ0v) is 39.3. The van der Waals surface area contributed by atoms with Gasteiger partial charge in [-0.2, -0.15) is 10.2 Å². The summed E-state index contributed by atoms with van der Waals surface area (Å²) in [6, 6.07) is 12.2. The van der Waals surface area contributed by atoms with E-state index in [-0.39, 0.29) is 54.1 Å². The molecule has 4 fully saturated rings. The molecule has 356 valence electrons. The standard InChI is InChI=1S/C51H52F2N10O6/c1-25-15-34(16-26(2)41(25)52)63-45(59-23-35-24-67-44-38(60(35)49(59)66)19-32-22-54-62(33-8-9-33)43(32)42(44)53)40-28(4)58(13-11-36(40)56-63)46(64)39-18-31-17-29(30-12-14-68-50(5,6)21-30)7-10-37(31)61(39)51(20-27(51)3)47-55-48(65)69-57-47/h7,10,15-19,22,27-28,30,33,35H,8-9,11-14,20-21,23-24H2,1-6H3,(H,55,57,65)/t27-,28-,30-,35+,51-/m0/s1. The van der Waals surface area contributed by atoms with Crippen molar-refractivity contribution in [2.24, 2.45) is 5.92 Å². The molecule has 0 unspecified atom stereocenters. The van der Waals surface area contributed by atoms with E-state index in [1.807, 2.05) is 22.5 Å². The lowest BCUT2D eigenvalue weighted by atomic mass is 9.83. The van der Waals surface area contributed by atoms with E-state index in [4.69, 9.17) is 19.1 Å². The monoisotopic (exact) mass is 938 g/mol. The van der Waals surface area contributed by atoms with Crippen molar-refractivity contribution in [3.05, 3.63) is 110 Å². The first-order valence-electron chi connectivity index (χ1n) is 24.1. The van der Waals surface area contributed by atoms with Gasteiger partial charge in [-0.05, 0) is 132 Å². The molecule has 0 spiro atoms. The third-order valence-corrected chi connectivity index (χ3v) is 15.9. The van der Waals surface area contributed by atoms with Crippen LogP contribution < -0.4 is 20.3 Å². The van der Waals surface area contributed by atoms with Crippen LogP contribution in [0.25, 0.3) is 27.5 Å². The number of fused-ring (bicyclic) bond motifs is 6. The summed E-state index contributed by atoms with van der Waals surface area (Å²) in [6.07, 6.45) is 6.20. The number of benzene rings is 3. The number of amides is 3. The highest BCUT2D eigenvalue weighted by atomic mass is 19.1.